The first-order chi connectivity index (χ1) is 11.8. The van der Waals surface area contributed by atoms with E-state index in [9.17, 15) is 13.2 Å². The SMILES string of the molecule is CNc1nc(C(=O)N2C[C@@H]3[C@H](CNS(C)(=O)=O)[C@H]4CC[C@]3(C2)O4)cs1. The van der Waals surface area contributed by atoms with Crippen LogP contribution in [0.4, 0.5) is 5.13 Å². The lowest BCUT2D eigenvalue weighted by Gasteiger charge is -2.29. The molecule has 25 heavy (non-hydrogen) atoms. The van der Waals surface area contributed by atoms with Crippen molar-refractivity contribution >= 4 is 32.4 Å². The molecule has 3 aliphatic heterocycles. The van der Waals surface area contributed by atoms with Crippen LogP contribution in [0.2, 0.25) is 0 Å². The molecule has 0 saturated carbocycles. The van der Waals surface area contributed by atoms with E-state index in [-0.39, 0.29) is 29.4 Å². The molecular weight excluding hydrogens is 364 g/mol. The number of hydrogen-bond donors (Lipinski definition) is 2. The smallest absolute Gasteiger partial charge is 0.273 e. The van der Waals surface area contributed by atoms with Crippen LogP contribution in [0, 0.1) is 11.8 Å². The van der Waals surface area contributed by atoms with Crippen molar-refractivity contribution in [2.45, 2.75) is 24.5 Å². The minimum absolute atomic E-state index is 0.0802. The van der Waals surface area contributed by atoms with Gasteiger partial charge in [-0.15, -0.1) is 11.3 Å². The van der Waals surface area contributed by atoms with Gasteiger partial charge in [0.25, 0.3) is 5.91 Å². The molecule has 10 heteroatoms. The van der Waals surface area contributed by atoms with E-state index in [2.05, 4.69) is 15.0 Å². The first kappa shape index (κ1) is 17.2. The number of hydrogen-bond acceptors (Lipinski definition) is 7. The van der Waals surface area contributed by atoms with Gasteiger partial charge in [-0.2, -0.15) is 0 Å². The molecule has 138 valence electrons. The van der Waals surface area contributed by atoms with Gasteiger partial charge in [-0.3, -0.25) is 4.79 Å². The number of aromatic nitrogens is 1. The highest BCUT2D eigenvalue weighted by Gasteiger charge is 2.63. The van der Waals surface area contributed by atoms with Crippen LogP contribution in [0.15, 0.2) is 5.38 Å². The number of thiazole rings is 1. The second-order valence-electron chi connectivity index (χ2n) is 7.12. The van der Waals surface area contributed by atoms with E-state index in [0.717, 1.165) is 12.8 Å². The number of amides is 1. The average Bonchev–Trinajstić information content (AvgIpc) is 3.29. The van der Waals surface area contributed by atoms with Crippen molar-refractivity contribution in [3.05, 3.63) is 11.1 Å². The summed E-state index contributed by atoms with van der Waals surface area (Å²) in [5.74, 6) is 0.208. The van der Waals surface area contributed by atoms with Gasteiger partial charge in [0, 0.05) is 37.4 Å². The Kier molecular flexibility index (Phi) is 4.06. The van der Waals surface area contributed by atoms with Gasteiger partial charge in [-0.05, 0) is 12.8 Å². The maximum absolute atomic E-state index is 12.8. The molecule has 4 heterocycles. The second-order valence-corrected chi connectivity index (χ2v) is 9.82. The summed E-state index contributed by atoms with van der Waals surface area (Å²) in [4.78, 5) is 18.9. The number of rotatable bonds is 5. The van der Waals surface area contributed by atoms with Crippen molar-refractivity contribution in [3.8, 4) is 0 Å². The predicted molar refractivity (Wildman–Crippen MR) is 94.2 cm³/mol. The molecule has 3 saturated heterocycles. The van der Waals surface area contributed by atoms with Crippen LogP contribution in [0.3, 0.4) is 0 Å². The number of fused-ring (bicyclic) bond motifs is 1. The number of anilines is 1. The van der Waals surface area contributed by atoms with Crippen LogP contribution in [0.1, 0.15) is 23.3 Å². The molecule has 1 spiro atoms. The molecule has 1 amide bonds. The summed E-state index contributed by atoms with van der Waals surface area (Å²) < 4.78 is 31.7. The number of sulfonamides is 1. The second kappa shape index (κ2) is 5.90. The normalized spacial score (nSPS) is 33.7. The summed E-state index contributed by atoms with van der Waals surface area (Å²) in [6, 6.07) is 0. The lowest BCUT2D eigenvalue weighted by molar-refractivity contribution is 0.00320. The zero-order valence-corrected chi connectivity index (χ0v) is 15.8. The first-order valence-electron chi connectivity index (χ1n) is 8.36. The number of ether oxygens (including phenoxy) is 1. The molecule has 0 aliphatic carbocycles. The molecule has 2 bridgehead atoms. The minimum Gasteiger partial charge on any atom is -0.369 e. The molecule has 1 aromatic rings. The van der Waals surface area contributed by atoms with Gasteiger partial charge in [0.2, 0.25) is 10.0 Å². The van der Waals surface area contributed by atoms with Crippen LogP contribution in [0.5, 0.6) is 0 Å². The van der Waals surface area contributed by atoms with E-state index < -0.39 is 10.0 Å². The van der Waals surface area contributed by atoms with E-state index >= 15 is 0 Å². The van der Waals surface area contributed by atoms with Crippen LogP contribution in [-0.4, -0.2) is 68.9 Å². The molecule has 3 aliphatic rings. The summed E-state index contributed by atoms with van der Waals surface area (Å²) in [7, 11) is -1.46. The number of nitrogens with one attached hydrogen (secondary N) is 2. The molecule has 8 nitrogen and oxygen atoms in total. The Morgan fingerprint density at radius 3 is 3.04 bits per heavy atom. The van der Waals surface area contributed by atoms with Gasteiger partial charge >= 0.3 is 0 Å². The van der Waals surface area contributed by atoms with Crippen molar-refractivity contribution in [2.24, 2.45) is 11.8 Å². The third-order valence-corrected chi connectivity index (χ3v) is 7.14. The van der Waals surface area contributed by atoms with Crippen molar-refractivity contribution in [1.82, 2.24) is 14.6 Å². The maximum Gasteiger partial charge on any atom is 0.273 e. The Balaban J connectivity index is 1.50. The number of carbonyl (C=O) groups is 1. The van der Waals surface area contributed by atoms with Crippen LogP contribution in [0.25, 0.3) is 0 Å². The number of carbonyl (C=O) groups excluding carboxylic acids is 1. The topological polar surface area (TPSA) is 101 Å². The van der Waals surface area contributed by atoms with Gasteiger partial charge in [0.1, 0.15) is 5.69 Å². The van der Waals surface area contributed by atoms with E-state index in [1.54, 1.807) is 12.4 Å². The fourth-order valence-corrected chi connectivity index (χ4v) is 5.66. The van der Waals surface area contributed by atoms with Crippen molar-refractivity contribution in [2.75, 3.05) is 38.3 Å². The van der Waals surface area contributed by atoms with Crippen LogP contribution >= 0.6 is 11.3 Å². The van der Waals surface area contributed by atoms with Crippen molar-refractivity contribution < 1.29 is 17.9 Å². The van der Waals surface area contributed by atoms with Crippen LogP contribution < -0.4 is 10.0 Å². The fraction of sp³-hybridized carbons (Fsp3) is 0.733. The summed E-state index contributed by atoms with van der Waals surface area (Å²) >= 11 is 1.40. The first-order valence-corrected chi connectivity index (χ1v) is 11.1. The lowest BCUT2D eigenvalue weighted by Crippen LogP contribution is -2.41. The zero-order valence-electron chi connectivity index (χ0n) is 14.2. The Bertz CT molecular complexity index is 795. The molecule has 0 unspecified atom stereocenters. The zero-order chi connectivity index (χ0) is 17.8. The Morgan fingerprint density at radius 1 is 1.56 bits per heavy atom. The minimum atomic E-state index is -3.23. The standard InChI is InChI=1S/C15H22N4O4S2/c1-16-14-18-11(7-24-14)13(20)19-6-10-9(5-17-25(2,21)22)12-3-4-15(10,8-19)23-12/h7,9-10,12,17H,3-6,8H2,1-2H3,(H,16,18)/t9-,10+,12+,15+/m0/s1. The Morgan fingerprint density at radius 2 is 2.36 bits per heavy atom. The molecule has 1 aromatic heterocycles. The Labute approximate surface area is 151 Å². The molecule has 0 aromatic carbocycles. The third kappa shape index (κ3) is 2.94. The summed E-state index contributed by atoms with van der Waals surface area (Å²) in [5, 5.41) is 5.42. The lowest BCUT2D eigenvalue weighted by atomic mass is 9.74. The summed E-state index contributed by atoms with van der Waals surface area (Å²) in [6.07, 6.45) is 3.12. The fourth-order valence-electron chi connectivity index (χ4n) is 4.51. The summed E-state index contributed by atoms with van der Waals surface area (Å²) in [6.45, 7) is 1.53. The van der Waals surface area contributed by atoms with Gasteiger partial charge in [0.15, 0.2) is 5.13 Å². The number of nitrogens with zero attached hydrogens (tertiary/aromatic N) is 2. The van der Waals surface area contributed by atoms with E-state index in [1.165, 1.54) is 17.6 Å². The van der Waals surface area contributed by atoms with Gasteiger partial charge in [0.05, 0.1) is 24.5 Å². The molecule has 2 N–H and O–H groups in total. The molecule has 4 rings (SSSR count). The predicted octanol–water partition coefficient (Wildman–Crippen LogP) is 0.354. The Hall–Kier alpha value is -1.23. The monoisotopic (exact) mass is 386 g/mol. The third-order valence-electron chi connectivity index (χ3n) is 5.59. The molecule has 4 atom stereocenters. The maximum atomic E-state index is 12.8. The van der Waals surface area contributed by atoms with E-state index in [0.29, 0.717) is 30.5 Å². The highest BCUT2D eigenvalue weighted by Crippen LogP contribution is 2.54. The number of likely N-dealkylation sites (tertiary alicyclic amines) is 1. The molecule has 3 fully saturated rings. The summed E-state index contributed by atoms with van der Waals surface area (Å²) in [5.41, 5.74) is 0.137. The highest BCUT2D eigenvalue weighted by molar-refractivity contribution is 7.88. The van der Waals surface area contributed by atoms with Gasteiger partial charge in [-0.25, -0.2) is 18.1 Å². The molecular formula is C15H22N4O4S2. The largest absolute Gasteiger partial charge is 0.369 e. The highest BCUT2D eigenvalue weighted by atomic mass is 32.2. The molecule has 0 radical (unpaired) electrons. The average molecular weight is 386 g/mol. The van der Waals surface area contributed by atoms with Crippen molar-refractivity contribution in [3.63, 3.8) is 0 Å². The van der Waals surface area contributed by atoms with Gasteiger partial charge in [-0.1, -0.05) is 0 Å². The van der Waals surface area contributed by atoms with E-state index in [1.807, 2.05) is 4.90 Å². The van der Waals surface area contributed by atoms with Crippen molar-refractivity contribution in [1.29, 1.82) is 0 Å². The quantitative estimate of drug-likeness (QED) is 0.758. The van der Waals surface area contributed by atoms with Crippen LogP contribution in [-0.2, 0) is 14.8 Å². The van der Waals surface area contributed by atoms with E-state index in [4.69, 9.17) is 4.74 Å². The van der Waals surface area contributed by atoms with Gasteiger partial charge < -0.3 is 15.0 Å².